The maximum atomic E-state index is 14.0. The maximum absolute atomic E-state index is 14.0. The Morgan fingerprint density at radius 3 is 1.14 bits per heavy atom. The molecule has 0 radical (unpaired) electrons. The van der Waals surface area contributed by atoms with Gasteiger partial charge in [0, 0.05) is 0 Å². The lowest BCUT2D eigenvalue weighted by atomic mass is 9.57. The number of carbonyl (C=O) groups is 4. The van der Waals surface area contributed by atoms with E-state index in [2.05, 4.69) is 0 Å². The molecule has 0 amide bonds. The third-order valence-corrected chi connectivity index (χ3v) is 9.62. The largest absolute Gasteiger partial charge is 0.465 e. The molecule has 2 aromatic carbocycles. The van der Waals surface area contributed by atoms with E-state index in [1.807, 2.05) is 60.7 Å². The van der Waals surface area contributed by atoms with Crippen LogP contribution in [0.25, 0.3) is 0 Å². The van der Waals surface area contributed by atoms with Gasteiger partial charge in [-0.05, 0) is 88.2 Å². The lowest BCUT2D eigenvalue weighted by Gasteiger charge is -2.45. The molecular formula is C36H46O8. The number of esters is 4. The molecule has 0 aliphatic heterocycles. The zero-order valence-electron chi connectivity index (χ0n) is 26.4. The van der Waals surface area contributed by atoms with Crippen LogP contribution >= 0.6 is 0 Å². The first-order valence-corrected chi connectivity index (χ1v) is 16.1. The monoisotopic (exact) mass is 606 g/mol. The fourth-order valence-electron chi connectivity index (χ4n) is 7.99. The molecule has 2 aliphatic rings. The van der Waals surface area contributed by atoms with Crippen molar-refractivity contribution in [2.75, 3.05) is 26.4 Å². The SMILES string of the molecule is CCOC(=O)C1(C(=O)OCC)CCCC1[C@@H](c1ccccc1)[C@H](c1ccccc1)[C@@H]1CCCC1(C(=O)OCC)C(=O)OCC. The Labute approximate surface area is 260 Å². The summed E-state index contributed by atoms with van der Waals surface area (Å²) >= 11 is 0. The van der Waals surface area contributed by atoms with Crippen molar-refractivity contribution in [1.29, 1.82) is 0 Å². The highest BCUT2D eigenvalue weighted by Crippen LogP contribution is 2.62. The zero-order valence-corrected chi connectivity index (χ0v) is 26.4. The normalized spacial score (nSPS) is 21.5. The van der Waals surface area contributed by atoms with Gasteiger partial charge in [-0.1, -0.05) is 73.5 Å². The third-order valence-electron chi connectivity index (χ3n) is 9.62. The Morgan fingerprint density at radius 2 is 0.864 bits per heavy atom. The summed E-state index contributed by atoms with van der Waals surface area (Å²) < 4.78 is 22.5. The van der Waals surface area contributed by atoms with E-state index in [0.717, 1.165) is 11.1 Å². The van der Waals surface area contributed by atoms with Gasteiger partial charge in [-0.15, -0.1) is 0 Å². The molecular weight excluding hydrogens is 560 g/mol. The lowest BCUT2D eigenvalue weighted by Crippen LogP contribution is -2.51. The minimum atomic E-state index is -1.53. The van der Waals surface area contributed by atoms with Crippen LogP contribution in [0.5, 0.6) is 0 Å². The smallest absolute Gasteiger partial charge is 0.323 e. The molecule has 0 heterocycles. The van der Waals surface area contributed by atoms with Crippen LogP contribution in [-0.4, -0.2) is 50.3 Å². The summed E-state index contributed by atoms with van der Waals surface area (Å²) in [4.78, 5) is 55.8. The molecule has 0 saturated heterocycles. The number of ether oxygens (including phenoxy) is 4. The van der Waals surface area contributed by atoms with Gasteiger partial charge in [-0.2, -0.15) is 0 Å². The number of hydrogen-bond acceptors (Lipinski definition) is 8. The molecule has 238 valence electrons. The second kappa shape index (κ2) is 14.9. The summed E-state index contributed by atoms with van der Waals surface area (Å²) in [6, 6.07) is 19.6. The van der Waals surface area contributed by atoms with Crippen LogP contribution in [0, 0.1) is 22.7 Å². The van der Waals surface area contributed by atoms with E-state index < -0.39 is 58.4 Å². The Balaban J connectivity index is 2.02. The lowest BCUT2D eigenvalue weighted by molar-refractivity contribution is -0.180. The van der Waals surface area contributed by atoms with Crippen LogP contribution in [0.3, 0.4) is 0 Å². The van der Waals surface area contributed by atoms with Crippen LogP contribution in [0.2, 0.25) is 0 Å². The molecule has 0 N–H and O–H groups in total. The van der Waals surface area contributed by atoms with Crippen molar-refractivity contribution in [3.8, 4) is 0 Å². The zero-order chi connectivity index (χ0) is 31.7. The van der Waals surface area contributed by atoms with Crippen molar-refractivity contribution >= 4 is 23.9 Å². The average molecular weight is 607 g/mol. The topological polar surface area (TPSA) is 105 Å². The molecule has 8 heteroatoms. The molecule has 0 aromatic heterocycles. The molecule has 4 rings (SSSR count). The highest BCUT2D eigenvalue weighted by molar-refractivity contribution is 6.02. The van der Waals surface area contributed by atoms with E-state index in [-0.39, 0.29) is 26.4 Å². The molecule has 2 aliphatic carbocycles. The minimum Gasteiger partial charge on any atom is -0.465 e. The van der Waals surface area contributed by atoms with Gasteiger partial charge in [0.2, 0.25) is 0 Å². The quantitative estimate of drug-likeness (QED) is 0.147. The van der Waals surface area contributed by atoms with Crippen molar-refractivity contribution in [2.45, 2.75) is 78.1 Å². The first-order valence-electron chi connectivity index (χ1n) is 16.1. The fraction of sp³-hybridized carbons (Fsp3) is 0.556. The Kier molecular flexibility index (Phi) is 11.2. The highest BCUT2D eigenvalue weighted by atomic mass is 16.6. The van der Waals surface area contributed by atoms with E-state index in [1.54, 1.807) is 27.7 Å². The predicted octanol–water partition coefficient (Wildman–Crippen LogP) is 6.38. The highest BCUT2D eigenvalue weighted by Gasteiger charge is 2.65. The maximum Gasteiger partial charge on any atom is 0.323 e. The van der Waals surface area contributed by atoms with Crippen LogP contribution in [0.1, 0.15) is 89.2 Å². The molecule has 8 nitrogen and oxygen atoms in total. The van der Waals surface area contributed by atoms with Crippen LogP contribution in [0.15, 0.2) is 60.7 Å². The molecule has 0 bridgehead atoms. The van der Waals surface area contributed by atoms with Gasteiger partial charge < -0.3 is 18.9 Å². The van der Waals surface area contributed by atoms with E-state index in [4.69, 9.17) is 18.9 Å². The van der Waals surface area contributed by atoms with E-state index in [0.29, 0.717) is 38.5 Å². The van der Waals surface area contributed by atoms with Gasteiger partial charge in [0.1, 0.15) is 0 Å². The Morgan fingerprint density at radius 1 is 0.568 bits per heavy atom. The summed E-state index contributed by atoms with van der Waals surface area (Å²) in [6.45, 7) is 7.43. The first kappa shape index (κ1) is 33.2. The van der Waals surface area contributed by atoms with Gasteiger partial charge in [0.05, 0.1) is 26.4 Å². The summed E-state index contributed by atoms with van der Waals surface area (Å²) in [5.74, 6) is -4.25. The van der Waals surface area contributed by atoms with Gasteiger partial charge in [0.15, 0.2) is 10.8 Å². The Bertz CT molecular complexity index is 1140. The summed E-state index contributed by atoms with van der Waals surface area (Å²) in [6.07, 6.45) is 2.98. The van der Waals surface area contributed by atoms with Crippen molar-refractivity contribution in [1.82, 2.24) is 0 Å². The van der Waals surface area contributed by atoms with Crippen LogP contribution in [-0.2, 0) is 38.1 Å². The fourth-order valence-corrected chi connectivity index (χ4v) is 7.99. The summed E-state index contributed by atoms with van der Waals surface area (Å²) in [5, 5.41) is 0. The van der Waals surface area contributed by atoms with Gasteiger partial charge in [-0.3, -0.25) is 19.2 Å². The van der Waals surface area contributed by atoms with Crippen molar-refractivity contribution < 1.29 is 38.1 Å². The third kappa shape index (κ3) is 6.00. The molecule has 0 spiro atoms. The minimum absolute atomic E-state index is 0.127. The molecule has 2 fully saturated rings. The van der Waals surface area contributed by atoms with Crippen LogP contribution in [0.4, 0.5) is 0 Å². The van der Waals surface area contributed by atoms with E-state index in [9.17, 15) is 19.2 Å². The van der Waals surface area contributed by atoms with Gasteiger partial charge in [0.25, 0.3) is 0 Å². The van der Waals surface area contributed by atoms with Crippen molar-refractivity contribution in [3.63, 3.8) is 0 Å². The summed E-state index contributed by atoms with van der Waals surface area (Å²) in [7, 11) is 0. The first-order chi connectivity index (χ1) is 21.3. The molecule has 2 saturated carbocycles. The average Bonchev–Trinajstić information content (AvgIpc) is 3.68. The van der Waals surface area contributed by atoms with Crippen LogP contribution < -0.4 is 0 Å². The second-order valence-electron chi connectivity index (χ2n) is 11.7. The van der Waals surface area contributed by atoms with E-state index in [1.165, 1.54) is 0 Å². The predicted molar refractivity (Wildman–Crippen MR) is 164 cm³/mol. The number of benzene rings is 2. The number of rotatable bonds is 13. The molecule has 44 heavy (non-hydrogen) atoms. The van der Waals surface area contributed by atoms with Crippen molar-refractivity contribution in [2.24, 2.45) is 22.7 Å². The Hall–Kier alpha value is -3.68. The van der Waals surface area contributed by atoms with Crippen molar-refractivity contribution in [3.05, 3.63) is 71.8 Å². The molecule has 1 unspecified atom stereocenters. The standard InChI is InChI=1S/C36H46O8/c1-5-41-31(37)35(32(38)42-6-2)23-15-21-27(35)29(25-17-11-9-12-18-25)30(26-19-13-10-14-20-26)28-22-16-24-36(28,33(39)43-7-3)34(40)44-8-4/h9-14,17-20,27-30H,5-8,15-16,21-24H2,1-4H3/t27-,28?,29+,30+/m0/s1. The molecule has 4 atom stereocenters. The van der Waals surface area contributed by atoms with Gasteiger partial charge >= 0.3 is 23.9 Å². The van der Waals surface area contributed by atoms with E-state index >= 15 is 0 Å². The summed E-state index contributed by atoms with van der Waals surface area (Å²) in [5.41, 5.74) is -1.23. The second-order valence-corrected chi connectivity index (χ2v) is 11.7. The molecule has 2 aromatic rings. The number of hydrogen-bond donors (Lipinski definition) is 0. The van der Waals surface area contributed by atoms with Gasteiger partial charge in [-0.25, -0.2) is 0 Å². The number of carbonyl (C=O) groups excluding carboxylic acids is 4.